The molecule has 0 saturated carbocycles. The minimum atomic E-state index is -0.0512. The number of rotatable bonds is 4. The van der Waals surface area contributed by atoms with Gasteiger partial charge in [0, 0.05) is 11.5 Å². The molecule has 0 aliphatic rings. The first-order chi connectivity index (χ1) is 8.24. The molecule has 0 radical (unpaired) electrons. The second-order valence-electron chi connectivity index (χ2n) is 6.17. The zero-order valence-corrected chi connectivity index (χ0v) is 12.3. The Morgan fingerprint density at radius 3 is 2.28 bits per heavy atom. The van der Waals surface area contributed by atoms with Crippen LogP contribution in [0.5, 0.6) is 5.88 Å². The van der Waals surface area contributed by atoms with Crippen molar-refractivity contribution in [2.45, 2.75) is 59.7 Å². The average Bonchev–Trinajstić information content (AvgIpc) is 2.27. The Balaban J connectivity index is 3.05. The minimum Gasteiger partial charge on any atom is -0.474 e. The highest BCUT2D eigenvalue weighted by molar-refractivity contribution is 5.28. The largest absolute Gasteiger partial charge is 0.474 e. The van der Waals surface area contributed by atoms with E-state index in [9.17, 15) is 5.11 Å². The van der Waals surface area contributed by atoms with Gasteiger partial charge in [-0.2, -0.15) is 0 Å². The Labute approximate surface area is 110 Å². The van der Waals surface area contributed by atoms with E-state index in [-0.39, 0.29) is 18.1 Å². The molecule has 1 aromatic heterocycles. The van der Waals surface area contributed by atoms with Crippen molar-refractivity contribution in [3.05, 3.63) is 23.4 Å². The topological polar surface area (TPSA) is 42.4 Å². The van der Waals surface area contributed by atoms with Crippen molar-refractivity contribution in [2.24, 2.45) is 5.92 Å². The van der Waals surface area contributed by atoms with Gasteiger partial charge in [-0.15, -0.1) is 0 Å². The first-order valence-electron chi connectivity index (χ1n) is 6.53. The third-order valence-electron chi connectivity index (χ3n) is 3.06. The Bertz CT molecular complexity index is 394. The predicted octanol–water partition coefficient (Wildman–Crippen LogP) is 3.29. The molecule has 0 amide bonds. The Morgan fingerprint density at radius 2 is 1.83 bits per heavy atom. The number of pyridine rings is 1. The number of hydrogen-bond donors (Lipinski definition) is 1. The van der Waals surface area contributed by atoms with Gasteiger partial charge in [0.25, 0.3) is 0 Å². The average molecular weight is 251 g/mol. The summed E-state index contributed by atoms with van der Waals surface area (Å²) in [6.45, 7) is 12.6. The van der Waals surface area contributed by atoms with E-state index < -0.39 is 0 Å². The van der Waals surface area contributed by atoms with Crippen molar-refractivity contribution in [1.29, 1.82) is 0 Å². The summed E-state index contributed by atoms with van der Waals surface area (Å²) >= 11 is 0. The zero-order valence-electron chi connectivity index (χ0n) is 12.3. The van der Waals surface area contributed by atoms with Gasteiger partial charge in [-0.1, -0.05) is 34.6 Å². The van der Waals surface area contributed by atoms with Crippen LogP contribution in [0.3, 0.4) is 0 Å². The summed E-state index contributed by atoms with van der Waals surface area (Å²) in [5.41, 5.74) is 1.74. The molecule has 0 aliphatic carbocycles. The summed E-state index contributed by atoms with van der Waals surface area (Å²) in [5, 5.41) is 9.31. The van der Waals surface area contributed by atoms with Gasteiger partial charge in [-0.05, 0) is 24.5 Å². The molecule has 3 heteroatoms. The number of aliphatic hydroxyl groups is 1. The fourth-order valence-corrected chi connectivity index (χ4v) is 1.42. The van der Waals surface area contributed by atoms with E-state index in [1.54, 1.807) is 0 Å². The van der Waals surface area contributed by atoms with E-state index in [1.165, 1.54) is 0 Å². The Hall–Kier alpha value is -1.09. The summed E-state index contributed by atoms with van der Waals surface area (Å²) in [5.74, 6) is 1.04. The number of aromatic nitrogens is 1. The molecule has 18 heavy (non-hydrogen) atoms. The fourth-order valence-electron chi connectivity index (χ4n) is 1.42. The van der Waals surface area contributed by atoms with E-state index >= 15 is 0 Å². The van der Waals surface area contributed by atoms with E-state index in [2.05, 4.69) is 39.6 Å². The normalized spacial score (nSPS) is 13.8. The number of ether oxygens (including phenoxy) is 1. The van der Waals surface area contributed by atoms with Crippen molar-refractivity contribution >= 4 is 0 Å². The van der Waals surface area contributed by atoms with Crippen LogP contribution in [0.15, 0.2) is 12.1 Å². The quantitative estimate of drug-likeness (QED) is 0.892. The summed E-state index contributed by atoms with van der Waals surface area (Å²) in [7, 11) is 0. The highest BCUT2D eigenvalue weighted by atomic mass is 16.5. The summed E-state index contributed by atoms with van der Waals surface area (Å²) in [4.78, 5) is 4.54. The highest BCUT2D eigenvalue weighted by Gasteiger charge is 2.18. The third-order valence-corrected chi connectivity index (χ3v) is 3.06. The molecule has 3 nitrogen and oxygen atoms in total. The summed E-state index contributed by atoms with van der Waals surface area (Å²) < 4.78 is 5.83. The third kappa shape index (κ3) is 3.98. The van der Waals surface area contributed by atoms with E-state index in [0.29, 0.717) is 11.8 Å². The van der Waals surface area contributed by atoms with Crippen LogP contribution >= 0.6 is 0 Å². The Morgan fingerprint density at radius 1 is 1.22 bits per heavy atom. The number of aliphatic hydroxyl groups excluding tert-OH is 1. The number of hydrogen-bond acceptors (Lipinski definition) is 3. The van der Waals surface area contributed by atoms with Gasteiger partial charge in [0.1, 0.15) is 0 Å². The van der Waals surface area contributed by atoms with Gasteiger partial charge in [-0.25, -0.2) is 4.98 Å². The van der Waals surface area contributed by atoms with Gasteiger partial charge >= 0.3 is 0 Å². The molecule has 102 valence electrons. The predicted molar refractivity (Wildman–Crippen MR) is 73.8 cm³/mol. The fraction of sp³-hybridized carbons (Fsp3) is 0.667. The molecule has 1 atom stereocenters. The van der Waals surface area contributed by atoms with Gasteiger partial charge in [0.15, 0.2) is 0 Å². The lowest BCUT2D eigenvalue weighted by Crippen LogP contribution is -2.21. The Kier molecular flexibility index (Phi) is 4.74. The first-order valence-corrected chi connectivity index (χ1v) is 6.53. The molecule has 0 spiro atoms. The maximum atomic E-state index is 9.31. The van der Waals surface area contributed by atoms with Crippen molar-refractivity contribution < 1.29 is 9.84 Å². The molecule has 1 N–H and O–H groups in total. The van der Waals surface area contributed by atoms with Crippen LogP contribution in [0.1, 0.15) is 52.8 Å². The molecule has 0 bridgehead atoms. The maximum absolute atomic E-state index is 9.31. The smallest absolute Gasteiger partial charge is 0.214 e. The molecular weight excluding hydrogens is 226 g/mol. The lowest BCUT2D eigenvalue weighted by molar-refractivity contribution is 0.162. The van der Waals surface area contributed by atoms with Gasteiger partial charge in [0.05, 0.1) is 18.4 Å². The second kappa shape index (κ2) is 5.70. The van der Waals surface area contributed by atoms with Crippen LogP contribution in [0.4, 0.5) is 0 Å². The van der Waals surface area contributed by atoms with E-state index in [4.69, 9.17) is 4.74 Å². The highest BCUT2D eigenvalue weighted by Crippen LogP contribution is 2.25. The molecule has 0 fully saturated rings. The van der Waals surface area contributed by atoms with Crippen LogP contribution in [0, 0.1) is 5.92 Å². The molecule has 0 aliphatic heterocycles. The van der Waals surface area contributed by atoms with Crippen LogP contribution in [-0.2, 0) is 12.0 Å². The second-order valence-corrected chi connectivity index (χ2v) is 6.17. The lowest BCUT2D eigenvalue weighted by atomic mass is 9.91. The van der Waals surface area contributed by atoms with Crippen molar-refractivity contribution in [3.63, 3.8) is 0 Å². The molecule has 1 aromatic rings. The monoisotopic (exact) mass is 251 g/mol. The molecule has 1 rings (SSSR count). The van der Waals surface area contributed by atoms with Crippen LogP contribution in [0.25, 0.3) is 0 Å². The first kappa shape index (κ1) is 15.0. The molecule has 1 heterocycles. The van der Waals surface area contributed by atoms with Gasteiger partial charge in [-0.3, -0.25) is 0 Å². The molecule has 1 unspecified atom stereocenters. The summed E-state index contributed by atoms with van der Waals surface area (Å²) in [6, 6.07) is 3.75. The molecule has 0 aromatic carbocycles. The van der Waals surface area contributed by atoms with Gasteiger partial charge in [0.2, 0.25) is 5.88 Å². The SMILES string of the molecule is CC(C)C(C)Oc1cc(CO)cc(C(C)(C)C)n1. The maximum Gasteiger partial charge on any atom is 0.214 e. The van der Waals surface area contributed by atoms with Crippen LogP contribution in [0.2, 0.25) is 0 Å². The number of nitrogens with zero attached hydrogens (tertiary/aromatic N) is 1. The molecule has 0 saturated heterocycles. The van der Waals surface area contributed by atoms with Crippen LogP contribution < -0.4 is 4.74 Å². The van der Waals surface area contributed by atoms with Crippen molar-refractivity contribution in [1.82, 2.24) is 4.98 Å². The van der Waals surface area contributed by atoms with E-state index in [1.807, 2.05) is 19.1 Å². The minimum absolute atomic E-state index is 0.0119. The van der Waals surface area contributed by atoms with Crippen molar-refractivity contribution in [3.8, 4) is 5.88 Å². The lowest BCUT2D eigenvalue weighted by Gasteiger charge is -2.22. The van der Waals surface area contributed by atoms with Gasteiger partial charge < -0.3 is 9.84 Å². The summed E-state index contributed by atoms with van der Waals surface area (Å²) in [6.07, 6.45) is 0.110. The molecular formula is C15H25NO2. The van der Waals surface area contributed by atoms with Crippen molar-refractivity contribution in [2.75, 3.05) is 0 Å². The van der Waals surface area contributed by atoms with Crippen LogP contribution in [-0.4, -0.2) is 16.2 Å². The standard InChI is InChI=1S/C15H25NO2/c1-10(2)11(3)18-14-8-12(9-17)7-13(16-14)15(4,5)6/h7-8,10-11,17H,9H2,1-6H3. The zero-order chi connectivity index (χ0) is 13.9. The van der Waals surface area contributed by atoms with E-state index in [0.717, 1.165) is 11.3 Å².